The molecular weight excluding hydrogens is 255 g/mol. The van der Waals surface area contributed by atoms with Crippen LogP contribution < -0.4 is 0 Å². The van der Waals surface area contributed by atoms with E-state index in [1.165, 1.54) is 0 Å². The molecule has 94 valence electrons. The van der Waals surface area contributed by atoms with E-state index in [9.17, 15) is 9.59 Å². The van der Waals surface area contributed by atoms with E-state index in [0.29, 0.717) is 11.1 Å². The van der Waals surface area contributed by atoms with Crippen molar-refractivity contribution < 1.29 is 19.8 Å². The zero-order valence-electron chi connectivity index (χ0n) is 9.48. The standard InChI is InChI=1S/2C7H6O2.Na.H/c2*8-7(9)6-4-2-1-3-5-6;;/h2*1-5H,(H,8,9);;. The molecule has 2 aromatic carbocycles. The van der Waals surface area contributed by atoms with E-state index in [1.807, 2.05) is 0 Å². The Morgan fingerprint density at radius 2 is 0.895 bits per heavy atom. The first-order valence-corrected chi connectivity index (χ1v) is 5.18. The second-order valence-corrected chi connectivity index (χ2v) is 3.34. The molecule has 0 spiro atoms. The first kappa shape index (κ1) is 17.4. The van der Waals surface area contributed by atoms with Crippen LogP contribution in [0.1, 0.15) is 20.7 Å². The summed E-state index contributed by atoms with van der Waals surface area (Å²) in [5, 5.41) is 16.8. The molecular formula is C14H13NaO4. The van der Waals surface area contributed by atoms with Crippen LogP contribution in [-0.2, 0) is 0 Å². The van der Waals surface area contributed by atoms with Crippen LogP contribution >= 0.6 is 0 Å². The number of carbonyl (C=O) groups is 2. The van der Waals surface area contributed by atoms with Crippen LogP contribution in [0.25, 0.3) is 0 Å². The van der Waals surface area contributed by atoms with Gasteiger partial charge in [0.2, 0.25) is 0 Å². The van der Waals surface area contributed by atoms with Gasteiger partial charge in [0, 0.05) is 0 Å². The molecule has 0 saturated carbocycles. The molecule has 0 radical (unpaired) electrons. The van der Waals surface area contributed by atoms with Gasteiger partial charge in [0.1, 0.15) is 0 Å². The first-order valence-electron chi connectivity index (χ1n) is 5.18. The predicted molar refractivity (Wildman–Crippen MR) is 74.0 cm³/mol. The van der Waals surface area contributed by atoms with E-state index in [4.69, 9.17) is 10.2 Å². The topological polar surface area (TPSA) is 74.6 Å². The minimum absolute atomic E-state index is 0. The Morgan fingerprint density at radius 1 is 0.632 bits per heavy atom. The molecule has 0 aliphatic heterocycles. The number of aromatic carboxylic acids is 2. The fourth-order valence-electron chi connectivity index (χ4n) is 1.16. The Hall–Kier alpha value is -1.62. The zero-order valence-corrected chi connectivity index (χ0v) is 9.48. The van der Waals surface area contributed by atoms with Gasteiger partial charge in [-0.25, -0.2) is 9.59 Å². The Labute approximate surface area is 133 Å². The average molecular weight is 268 g/mol. The van der Waals surface area contributed by atoms with Gasteiger partial charge in [-0.15, -0.1) is 0 Å². The quantitative estimate of drug-likeness (QED) is 0.818. The number of carboxylic acids is 2. The Balaban J connectivity index is 0.000000324. The summed E-state index contributed by atoms with van der Waals surface area (Å²) >= 11 is 0. The molecule has 5 heteroatoms. The van der Waals surface area contributed by atoms with Crippen molar-refractivity contribution in [2.24, 2.45) is 0 Å². The van der Waals surface area contributed by atoms with Gasteiger partial charge in [0.15, 0.2) is 0 Å². The second-order valence-electron chi connectivity index (χ2n) is 3.34. The number of hydrogen-bond acceptors (Lipinski definition) is 2. The van der Waals surface area contributed by atoms with Crippen molar-refractivity contribution in [2.75, 3.05) is 0 Å². The monoisotopic (exact) mass is 268 g/mol. The SMILES string of the molecule is O=C(O)c1ccccc1.O=C(O)c1ccccc1.[NaH]. The van der Waals surface area contributed by atoms with E-state index in [-0.39, 0.29) is 29.6 Å². The summed E-state index contributed by atoms with van der Waals surface area (Å²) < 4.78 is 0. The second kappa shape index (κ2) is 9.33. The van der Waals surface area contributed by atoms with E-state index < -0.39 is 11.9 Å². The third kappa shape index (κ3) is 6.76. The number of rotatable bonds is 2. The van der Waals surface area contributed by atoms with Crippen LogP contribution in [0.2, 0.25) is 0 Å². The van der Waals surface area contributed by atoms with Gasteiger partial charge in [-0.3, -0.25) is 0 Å². The molecule has 2 rings (SSSR count). The molecule has 0 fully saturated rings. The maximum atomic E-state index is 10.2. The molecule has 0 unspecified atom stereocenters. The van der Waals surface area contributed by atoms with Gasteiger partial charge >= 0.3 is 41.5 Å². The summed E-state index contributed by atoms with van der Waals surface area (Å²) in [5.74, 6) is -1.76. The molecule has 19 heavy (non-hydrogen) atoms. The van der Waals surface area contributed by atoms with Crippen molar-refractivity contribution in [3.63, 3.8) is 0 Å². The van der Waals surface area contributed by atoms with Crippen molar-refractivity contribution in [3.05, 3.63) is 71.8 Å². The first-order chi connectivity index (χ1) is 8.61. The average Bonchev–Trinajstić information content (AvgIpc) is 2.41. The molecule has 0 bridgehead atoms. The number of hydrogen-bond donors (Lipinski definition) is 2. The van der Waals surface area contributed by atoms with Crippen LogP contribution in [-0.4, -0.2) is 51.7 Å². The fraction of sp³-hybridized carbons (Fsp3) is 0. The molecule has 2 aromatic rings. The van der Waals surface area contributed by atoms with E-state index in [2.05, 4.69) is 0 Å². The molecule has 0 saturated heterocycles. The molecule has 0 amide bonds. The summed E-state index contributed by atoms with van der Waals surface area (Å²) in [7, 11) is 0. The molecule has 4 nitrogen and oxygen atoms in total. The Bertz CT molecular complexity index is 462. The third-order valence-electron chi connectivity index (χ3n) is 2.04. The Kier molecular flexibility index (Phi) is 8.53. The number of benzene rings is 2. The molecule has 0 heterocycles. The molecule has 0 atom stereocenters. The van der Waals surface area contributed by atoms with Gasteiger partial charge in [-0.1, -0.05) is 36.4 Å². The predicted octanol–water partition coefficient (Wildman–Crippen LogP) is 2.12. The normalized spacial score (nSPS) is 8.42. The molecule has 0 aromatic heterocycles. The van der Waals surface area contributed by atoms with Gasteiger partial charge in [0.05, 0.1) is 11.1 Å². The van der Waals surface area contributed by atoms with Crippen molar-refractivity contribution in [2.45, 2.75) is 0 Å². The minimum atomic E-state index is -0.879. The van der Waals surface area contributed by atoms with E-state index in [0.717, 1.165) is 0 Å². The fourth-order valence-corrected chi connectivity index (χ4v) is 1.16. The molecule has 0 aliphatic carbocycles. The summed E-state index contributed by atoms with van der Waals surface area (Å²) in [5.41, 5.74) is 0.662. The van der Waals surface area contributed by atoms with E-state index >= 15 is 0 Å². The van der Waals surface area contributed by atoms with Crippen LogP contribution in [0.5, 0.6) is 0 Å². The summed E-state index contributed by atoms with van der Waals surface area (Å²) in [4.78, 5) is 20.4. The summed E-state index contributed by atoms with van der Waals surface area (Å²) in [6, 6.07) is 16.6. The Morgan fingerprint density at radius 3 is 1.05 bits per heavy atom. The van der Waals surface area contributed by atoms with Gasteiger partial charge in [-0.05, 0) is 24.3 Å². The summed E-state index contributed by atoms with van der Waals surface area (Å²) in [6.07, 6.45) is 0. The number of carboxylic acid groups (broad SMARTS) is 2. The third-order valence-corrected chi connectivity index (χ3v) is 2.04. The summed E-state index contributed by atoms with van der Waals surface area (Å²) in [6.45, 7) is 0. The van der Waals surface area contributed by atoms with Crippen molar-refractivity contribution in [1.29, 1.82) is 0 Å². The van der Waals surface area contributed by atoms with Crippen molar-refractivity contribution >= 4 is 41.5 Å². The van der Waals surface area contributed by atoms with Crippen LogP contribution in [0, 0.1) is 0 Å². The van der Waals surface area contributed by atoms with Crippen molar-refractivity contribution in [3.8, 4) is 0 Å². The van der Waals surface area contributed by atoms with E-state index in [1.54, 1.807) is 60.7 Å². The van der Waals surface area contributed by atoms with Crippen LogP contribution in [0.3, 0.4) is 0 Å². The van der Waals surface area contributed by atoms with Crippen LogP contribution in [0.4, 0.5) is 0 Å². The van der Waals surface area contributed by atoms with Gasteiger partial charge < -0.3 is 10.2 Å². The van der Waals surface area contributed by atoms with Crippen molar-refractivity contribution in [1.82, 2.24) is 0 Å². The van der Waals surface area contributed by atoms with Gasteiger partial charge in [-0.2, -0.15) is 0 Å². The van der Waals surface area contributed by atoms with Crippen LogP contribution in [0.15, 0.2) is 60.7 Å². The molecule has 2 N–H and O–H groups in total. The molecule has 0 aliphatic rings. The zero-order chi connectivity index (χ0) is 13.4. The maximum absolute atomic E-state index is 10.2. The van der Waals surface area contributed by atoms with Gasteiger partial charge in [0.25, 0.3) is 0 Å².